The minimum atomic E-state index is -0.459. The van der Waals surface area contributed by atoms with E-state index in [2.05, 4.69) is 32.0 Å². The summed E-state index contributed by atoms with van der Waals surface area (Å²) < 4.78 is 5.83. The van der Waals surface area contributed by atoms with Crippen LogP contribution in [-0.2, 0) is 10.2 Å². The minimum absolute atomic E-state index is 0.156. The number of hydrogen-bond donors (Lipinski definition) is 0. The number of rotatable bonds is 4. The van der Waals surface area contributed by atoms with E-state index < -0.39 is 11.5 Å². The van der Waals surface area contributed by atoms with E-state index in [0.29, 0.717) is 5.69 Å². The number of cyclic esters (lactones) is 1. The van der Waals surface area contributed by atoms with Crippen LogP contribution in [0.2, 0.25) is 0 Å². The molecule has 1 heterocycles. The Labute approximate surface area is 135 Å². The quantitative estimate of drug-likeness (QED) is 0.464. The first kappa shape index (κ1) is 14.7. The van der Waals surface area contributed by atoms with Crippen molar-refractivity contribution in [3.63, 3.8) is 0 Å². The summed E-state index contributed by atoms with van der Waals surface area (Å²) in [5.41, 5.74) is 9.63. The Morgan fingerprint density at radius 2 is 2.36 bits per heavy atom. The van der Waals surface area contributed by atoms with Gasteiger partial charge >= 0.3 is 6.09 Å². The van der Waals surface area contributed by atoms with Gasteiger partial charge in [-0.1, -0.05) is 27.1 Å². The van der Waals surface area contributed by atoms with Crippen molar-refractivity contribution in [1.82, 2.24) is 0 Å². The van der Waals surface area contributed by atoms with Gasteiger partial charge in [-0.15, -0.1) is 0 Å². The van der Waals surface area contributed by atoms with Gasteiger partial charge < -0.3 is 4.74 Å². The molecule has 1 aromatic rings. The maximum Gasteiger partial charge on any atom is 0.414 e. The number of ether oxygens (including phenoxy) is 1. The third kappa shape index (κ3) is 2.39. The molecule has 1 aliphatic carbocycles. The number of halogens is 1. The number of amides is 1. The SMILES string of the molecule is N#CC1(c2ccc(N3C(=O)OC[C@H]3CN=[N+]=[N-])cc2Br)CC1. The van der Waals surface area contributed by atoms with Gasteiger partial charge in [-0.3, -0.25) is 4.90 Å². The predicted octanol–water partition coefficient (Wildman–Crippen LogP) is 3.64. The van der Waals surface area contributed by atoms with Crippen LogP contribution >= 0.6 is 15.9 Å². The molecule has 22 heavy (non-hydrogen) atoms. The highest BCUT2D eigenvalue weighted by Gasteiger charge is 2.46. The number of carbonyl (C=O) groups excluding carboxylic acids is 1. The maximum absolute atomic E-state index is 11.9. The zero-order valence-electron chi connectivity index (χ0n) is 11.6. The summed E-state index contributed by atoms with van der Waals surface area (Å²) in [4.78, 5) is 16.1. The molecule has 112 valence electrons. The van der Waals surface area contributed by atoms with E-state index in [4.69, 9.17) is 10.3 Å². The summed E-state index contributed by atoms with van der Waals surface area (Å²) in [6, 6.07) is 7.51. The Kier molecular flexibility index (Phi) is 3.69. The number of benzene rings is 1. The zero-order chi connectivity index (χ0) is 15.7. The summed E-state index contributed by atoms with van der Waals surface area (Å²) >= 11 is 3.49. The number of nitrogens with zero attached hydrogens (tertiary/aromatic N) is 5. The molecule has 8 heteroatoms. The summed E-state index contributed by atoms with van der Waals surface area (Å²) in [6.45, 7) is 0.350. The topological polar surface area (TPSA) is 102 Å². The molecule has 1 saturated carbocycles. The third-order valence-corrected chi connectivity index (χ3v) is 4.68. The molecule has 2 fully saturated rings. The highest BCUT2D eigenvalue weighted by molar-refractivity contribution is 9.10. The molecule has 1 amide bonds. The van der Waals surface area contributed by atoms with Crippen molar-refractivity contribution in [2.24, 2.45) is 5.11 Å². The molecular weight excluding hydrogens is 350 g/mol. The van der Waals surface area contributed by atoms with Gasteiger partial charge in [0.2, 0.25) is 0 Å². The molecule has 1 aliphatic heterocycles. The first-order valence-electron chi connectivity index (χ1n) is 6.79. The summed E-state index contributed by atoms with van der Waals surface area (Å²) in [5.74, 6) is 0. The molecule has 3 rings (SSSR count). The van der Waals surface area contributed by atoms with E-state index in [-0.39, 0.29) is 19.2 Å². The van der Waals surface area contributed by atoms with E-state index in [1.165, 1.54) is 4.90 Å². The van der Waals surface area contributed by atoms with Crippen LogP contribution in [0.4, 0.5) is 10.5 Å². The normalized spacial score (nSPS) is 21.7. The van der Waals surface area contributed by atoms with Crippen molar-refractivity contribution in [1.29, 1.82) is 5.26 Å². The molecule has 0 bridgehead atoms. The highest BCUT2D eigenvalue weighted by Crippen LogP contribution is 2.50. The second-order valence-corrected chi connectivity index (χ2v) is 6.23. The van der Waals surface area contributed by atoms with Gasteiger partial charge in [0.1, 0.15) is 6.61 Å². The van der Waals surface area contributed by atoms with Crippen molar-refractivity contribution in [2.45, 2.75) is 24.3 Å². The molecule has 7 nitrogen and oxygen atoms in total. The number of anilines is 1. The smallest absolute Gasteiger partial charge is 0.414 e. The van der Waals surface area contributed by atoms with Gasteiger partial charge in [0.15, 0.2) is 0 Å². The van der Waals surface area contributed by atoms with Crippen LogP contribution in [0.3, 0.4) is 0 Å². The van der Waals surface area contributed by atoms with Crippen LogP contribution in [0, 0.1) is 11.3 Å². The Hall–Kier alpha value is -2.23. The van der Waals surface area contributed by atoms with Gasteiger partial charge in [-0.05, 0) is 36.1 Å². The van der Waals surface area contributed by atoms with Crippen molar-refractivity contribution in [3.05, 3.63) is 38.7 Å². The average molecular weight is 362 g/mol. The first-order chi connectivity index (χ1) is 10.6. The summed E-state index contributed by atoms with van der Waals surface area (Å²) in [5, 5.41) is 12.8. The van der Waals surface area contributed by atoms with Crippen LogP contribution < -0.4 is 4.90 Å². The summed E-state index contributed by atoms with van der Waals surface area (Å²) in [6.07, 6.45) is 1.25. The molecule has 1 aromatic carbocycles. The summed E-state index contributed by atoms with van der Waals surface area (Å²) in [7, 11) is 0. The van der Waals surface area contributed by atoms with Crippen LogP contribution in [0.15, 0.2) is 27.8 Å². The number of hydrogen-bond acceptors (Lipinski definition) is 4. The lowest BCUT2D eigenvalue weighted by Crippen LogP contribution is -2.35. The monoisotopic (exact) mass is 361 g/mol. The second-order valence-electron chi connectivity index (χ2n) is 5.37. The molecule has 0 aromatic heterocycles. The van der Waals surface area contributed by atoms with Crippen LogP contribution in [0.1, 0.15) is 18.4 Å². The van der Waals surface area contributed by atoms with E-state index in [1.54, 1.807) is 6.07 Å². The Balaban J connectivity index is 1.91. The Morgan fingerprint density at radius 1 is 1.59 bits per heavy atom. The molecule has 2 aliphatic rings. The highest BCUT2D eigenvalue weighted by atomic mass is 79.9. The van der Waals surface area contributed by atoms with Gasteiger partial charge in [0, 0.05) is 15.1 Å². The molecule has 1 atom stereocenters. The standard InChI is InChI=1S/C14H12BrN5O2/c15-12-5-9(1-2-11(12)14(8-16)3-4-14)20-10(6-18-19-17)7-22-13(20)21/h1-2,5,10H,3-4,6-7H2/t10-/m1/s1. The number of azide groups is 1. The zero-order valence-corrected chi connectivity index (χ0v) is 13.2. The lowest BCUT2D eigenvalue weighted by molar-refractivity contribution is 0.179. The molecule has 1 saturated heterocycles. The average Bonchev–Trinajstić information content (AvgIpc) is 3.22. The van der Waals surface area contributed by atoms with Gasteiger partial charge in [0.05, 0.1) is 24.1 Å². The van der Waals surface area contributed by atoms with E-state index >= 15 is 0 Å². The Bertz CT molecular complexity index is 718. The fraction of sp³-hybridized carbons (Fsp3) is 0.429. The lowest BCUT2D eigenvalue weighted by Gasteiger charge is -2.21. The van der Waals surface area contributed by atoms with E-state index in [0.717, 1.165) is 22.9 Å². The van der Waals surface area contributed by atoms with Crippen LogP contribution in [0.5, 0.6) is 0 Å². The maximum atomic E-state index is 11.9. The van der Waals surface area contributed by atoms with E-state index in [9.17, 15) is 10.1 Å². The lowest BCUT2D eigenvalue weighted by atomic mass is 9.97. The van der Waals surface area contributed by atoms with Gasteiger partial charge in [-0.2, -0.15) is 5.26 Å². The van der Waals surface area contributed by atoms with Crippen LogP contribution in [0.25, 0.3) is 10.4 Å². The fourth-order valence-corrected chi connectivity index (χ4v) is 3.40. The van der Waals surface area contributed by atoms with Gasteiger partial charge in [0.25, 0.3) is 0 Å². The third-order valence-electron chi connectivity index (χ3n) is 4.03. The number of carbonyl (C=O) groups is 1. The molecule has 0 spiro atoms. The van der Waals surface area contributed by atoms with Crippen LogP contribution in [-0.4, -0.2) is 25.3 Å². The van der Waals surface area contributed by atoms with Crippen molar-refractivity contribution >= 4 is 27.7 Å². The van der Waals surface area contributed by atoms with Gasteiger partial charge in [-0.25, -0.2) is 4.79 Å². The molecule has 0 N–H and O–H groups in total. The van der Waals surface area contributed by atoms with Crippen molar-refractivity contribution in [2.75, 3.05) is 18.1 Å². The largest absolute Gasteiger partial charge is 0.447 e. The minimum Gasteiger partial charge on any atom is -0.447 e. The first-order valence-corrected chi connectivity index (χ1v) is 7.59. The molecular formula is C14H12BrN5O2. The molecule has 0 radical (unpaired) electrons. The Morgan fingerprint density at radius 3 is 2.95 bits per heavy atom. The van der Waals surface area contributed by atoms with Crippen molar-refractivity contribution in [3.8, 4) is 6.07 Å². The molecule has 0 unspecified atom stereocenters. The predicted molar refractivity (Wildman–Crippen MR) is 82.3 cm³/mol. The second kappa shape index (κ2) is 5.52. The van der Waals surface area contributed by atoms with E-state index in [1.807, 2.05) is 12.1 Å². The number of nitriles is 1. The van der Waals surface area contributed by atoms with Crippen molar-refractivity contribution < 1.29 is 9.53 Å². The fourth-order valence-electron chi connectivity index (χ4n) is 2.65.